The van der Waals surface area contributed by atoms with E-state index in [4.69, 9.17) is 5.73 Å². The number of carbonyl (C=O) groups is 1. The van der Waals surface area contributed by atoms with Crippen LogP contribution < -0.4 is 11.1 Å². The number of nitrogen functional groups attached to an aromatic ring is 1. The molecule has 1 saturated carbocycles. The highest BCUT2D eigenvalue weighted by Gasteiger charge is 2.38. The third-order valence-corrected chi connectivity index (χ3v) is 6.79. The minimum Gasteiger partial charge on any atom is -0.398 e. The Morgan fingerprint density at radius 2 is 1.89 bits per heavy atom. The Morgan fingerprint density at radius 1 is 1.16 bits per heavy atom. The lowest BCUT2D eigenvalue weighted by atomic mass is 9.95. The third kappa shape index (κ3) is 4.43. The number of nitrogens with zero attached hydrogens (tertiary/aromatic N) is 6. The summed E-state index contributed by atoms with van der Waals surface area (Å²) >= 11 is 0. The largest absolute Gasteiger partial charge is 0.418 e. The summed E-state index contributed by atoms with van der Waals surface area (Å²) in [6.07, 6.45) is 1.66. The van der Waals surface area contributed by atoms with Crippen LogP contribution in [0.2, 0.25) is 0 Å². The number of benzene rings is 1. The zero-order valence-corrected chi connectivity index (χ0v) is 20.7. The number of halogens is 3. The molecule has 1 amide bonds. The van der Waals surface area contributed by atoms with Crippen molar-refractivity contribution < 1.29 is 18.0 Å². The predicted octanol–water partition coefficient (Wildman–Crippen LogP) is 4.72. The van der Waals surface area contributed by atoms with Crippen LogP contribution in [0.4, 0.5) is 24.5 Å². The number of carbonyl (C=O) groups excluding carboxylic acids is 1. The van der Waals surface area contributed by atoms with Crippen molar-refractivity contribution in [1.82, 2.24) is 29.8 Å². The summed E-state index contributed by atoms with van der Waals surface area (Å²) in [6, 6.07) is 2.47. The van der Waals surface area contributed by atoms with E-state index in [1.165, 1.54) is 10.9 Å². The van der Waals surface area contributed by atoms with Gasteiger partial charge in [0.05, 0.1) is 34.9 Å². The number of aromatic nitrogens is 6. The molecule has 3 heterocycles. The molecule has 9 nitrogen and oxygen atoms in total. The lowest BCUT2D eigenvalue weighted by Crippen LogP contribution is -2.18. The van der Waals surface area contributed by atoms with Crippen LogP contribution in [0.3, 0.4) is 0 Å². The van der Waals surface area contributed by atoms with Crippen molar-refractivity contribution in [1.29, 1.82) is 0 Å². The second-order valence-electron chi connectivity index (χ2n) is 9.29. The lowest BCUT2D eigenvalue weighted by Gasteiger charge is -2.20. The smallest absolute Gasteiger partial charge is 0.398 e. The molecular weight excluding hydrogens is 485 g/mol. The van der Waals surface area contributed by atoms with E-state index in [1.54, 1.807) is 37.0 Å². The second kappa shape index (κ2) is 8.71. The van der Waals surface area contributed by atoms with Crippen LogP contribution in [-0.2, 0) is 13.2 Å². The van der Waals surface area contributed by atoms with E-state index in [0.29, 0.717) is 28.2 Å². The monoisotopic (exact) mass is 510 g/mol. The Labute approximate surface area is 210 Å². The number of amides is 1. The van der Waals surface area contributed by atoms with Crippen molar-refractivity contribution >= 4 is 17.3 Å². The van der Waals surface area contributed by atoms with Gasteiger partial charge in [-0.25, -0.2) is 4.68 Å². The van der Waals surface area contributed by atoms with Gasteiger partial charge in [-0.05, 0) is 62.8 Å². The van der Waals surface area contributed by atoms with E-state index in [1.807, 2.05) is 14.0 Å². The van der Waals surface area contributed by atoms with Crippen molar-refractivity contribution in [2.45, 2.75) is 45.7 Å². The van der Waals surface area contributed by atoms with Gasteiger partial charge in [0.2, 0.25) is 0 Å². The summed E-state index contributed by atoms with van der Waals surface area (Å²) in [4.78, 5) is 17.5. The first kappa shape index (κ1) is 24.5. The molecular formula is C25H25F3N8O. The summed E-state index contributed by atoms with van der Waals surface area (Å²) in [6.45, 7) is 5.35. The zero-order valence-electron chi connectivity index (χ0n) is 20.7. The molecule has 1 aromatic carbocycles. The van der Waals surface area contributed by atoms with E-state index in [9.17, 15) is 18.0 Å². The molecule has 0 spiro atoms. The first-order valence-corrected chi connectivity index (χ1v) is 11.7. The molecule has 12 heteroatoms. The number of aryl methyl sites for hydroxylation is 2. The number of nitrogens with one attached hydrogen (secondary N) is 1. The molecule has 1 fully saturated rings. The van der Waals surface area contributed by atoms with Crippen LogP contribution in [-0.4, -0.2) is 35.7 Å². The summed E-state index contributed by atoms with van der Waals surface area (Å²) in [5.41, 5.74) is 9.36. The Morgan fingerprint density at radius 3 is 2.51 bits per heavy atom. The third-order valence-electron chi connectivity index (χ3n) is 6.79. The number of alkyl halides is 3. The number of nitrogens with two attached hydrogens (primary N) is 1. The lowest BCUT2D eigenvalue weighted by molar-refractivity contribution is -0.136. The average Bonchev–Trinajstić information content (AvgIpc) is 3.45. The maximum Gasteiger partial charge on any atom is 0.418 e. The van der Waals surface area contributed by atoms with Gasteiger partial charge in [0, 0.05) is 35.9 Å². The number of hydrogen-bond donors (Lipinski definition) is 2. The molecule has 1 aliphatic rings. The van der Waals surface area contributed by atoms with E-state index < -0.39 is 17.6 Å². The fourth-order valence-electron chi connectivity index (χ4n) is 4.41. The molecule has 0 bridgehead atoms. The van der Waals surface area contributed by atoms with Gasteiger partial charge in [0.15, 0.2) is 0 Å². The molecule has 5 rings (SSSR count). The summed E-state index contributed by atoms with van der Waals surface area (Å²) in [5.74, 6) is -0.629. The van der Waals surface area contributed by atoms with E-state index in [0.717, 1.165) is 30.2 Å². The topological polar surface area (TPSA) is 117 Å². The number of anilines is 2. The molecule has 192 valence electrons. The number of rotatable bonds is 5. The maximum absolute atomic E-state index is 13.7. The maximum atomic E-state index is 13.7. The van der Waals surface area contributed by atoms with Gasteiger partial charge in [-0.2, -0.15) is 18.3 Å². The van der Waals surface area contributed by atoms with Crippen molar-refractivity contribution in [3.05, 3.63) is 64.4 Å². The van der Waals surface area contributed by atoms with Gasteiger partial charge in [0.25, 0.3) is 5.91 Å². The van der Waals surface area contributed by atoms with Gasteiger partial charge in [0.1, 0.15) is 5.69 Å². The van der Waals surface area contributed by atoms with Crippen molar-refractivity contribution in [2.75, 3.05) is 11.1 Å². The summed E-state index contributed by atoms with van der Waals surface area (Å²) < 4.78 is 44.3. The average molecular weight is 511 g/mol. The molecule has 0 saturated heterocycles. The van der Waals surface area contributed by atoms with Gasteiger partial charge in [-0.3, -0.25) is 14.5 Å². The minimum absolute atomic E-state index is 0.0319. The zero-order chi connectivity index (χ0) is 26.6. The molecule has 1 aliphatic carbocycles. The number of pyridine rings is 1. The highest BCUT2D eigenvalue weighted by Crippen LogP contribution is 2.49. The van der Waals surface area contributed by atoms with Crippen LogP contribution in [0.15, 0.2) is 30.7 Å². The molecule has 0 aliphatic heterocycles. The highest BCUT2D eigenvalue weighted by atomic mass is 19.4. The van der Waals surface area contributed by atoms with Gasteiger partial charge in [-0.15, -0.1) is 5.10 Å². The first-order valence-electron chi connectivity index (χ1n) is 11.7. The van der Waals surface area contributed by atoms with E-state index >= 15 is 0 Å². The Balaban J connectivity index is 1.48. The molecule has 3 aromatic heterocycles. The van der Waals surface area contributed by atoms with Crippen molar-refractivity contribution in [3.8, 4) is 16.9 Å². The molecule has 0 radical (unpaired) electrons. The normalized spacial score (nSPS) is 13.7. The van der Waals surface area contributed by atoms with Crippen LogP contribution >= 0.6 is 0 Å². The second-order valence-corrected chi connectivity index (χ2v) is 9.29. The van der Waals surface area contributed by atoms with E-state index in [2.05, 4.69) is 25.7 Å². The van der Waals surface area contributed by atoms with Gasteiger partial charge in [-0.1, -0.05) is 5.21 Å². The molecule has 0 atom stereocenters. The minimum atomic E-state index is -4.64. The molecule has 4 aromatic rings. The number of hydrogen-bond acceptors (Lipinski definition) is 6. The summed E-state index contributed by atoms with van der Waals surface area (Å²) in [5, 5.41) is 15.3. The predicted molar refractivity (Wildman–Crippen MR) is 131 cm³/mol. The van der Waals surface area contributed by atoms with Crippen LogP contribution in [0, 0.1) is 20.8 Å². The fraction of sp³-hybridized carbons (Fsp3) is 0.320. The molecule has 3 N–H and O–H groups in total. The van der Waals surface area contributed by atoms with Crippen LogP contribution in [0.1, 0.15) is 57.2 Å². The van der Waals surface area contributed by atoms with Gasteiger partial charge < -0.3 is 11.1 Å². The van der Waals surface area contributed by atoms with Crippen LogP contribution in [0.25, 0.3) is 16.9 Å². The van der Waals surface area contributed by atoms with Crippen molar-refractivity contribution in [3.63, 3.8) is 0 Å². The molecule has 37 heavy (non-hydrogen) atoms. The Bertz CT molecular complexity index is 1530. The van der Waals surface area contributed by atoms with Crippen LogP contribution in [0.5, 0.6) is 0 Å². The Hall–Kier alpha value is -4.22. The van der Waals surface area contributed by atoms with E-state index in [-0.39, 0.29) is 22.9 Å². The Kier molecular flexibility index (Phi) is 5.76. The standard InChI is InChI=1S/C25H25F3N8O/c1-12-19(8-18(25(26,27)28)23(29)22(12)15-5-6-15)32-24(37)16-7-21(13(2)30-9-16)36-11-20(33-34-36)17-10-31-35(4)14(17)3/h7-11,15H,5-6,29H2,1-4H3,(H,32,37). The van der Waals surface area contributed by atoms with Crippen molar-refractivity contribution in [2.24, 2.45) is 7.05 Å². The highest BCUT2D eigenvalue weighted by molar-refractivity contribution is 6.05. The quantitative estimate of drug-likeness (QED) is 0.376. The first-order chi connectivity index (χ1) is 17.5. The molecule has 0 unspecified atom stereocenters. The summed E-state index contributed by atoms with van der Waals surface area (Å²) in [7, 11) is 1.83. The fourth-order valence-corrected chi connectivity index (χ4v) is 4.41. The van der Waals surface area contributed by atoms with Gasteiger partial charge >= 0.3 is 6.18 Å². The SMILES string of the molecule is Cc1ncc(C(=O)Nc2cc(C(F)(F)F)c(N)c(C3CC3)c2C)cc1-n1cc(-c2cnn(C)c2C)nn1.